The Morgan fingerprint density at radius 2 is 2.04 bits per heavy atom. The lowest BCUT2D eigenvalue weighted by Gasteiger charge is -2.15. The van der Waals surface area contributed by atoms with Gasteiger partial charge in [0.1, 0.15) is 5.76 Å². The molecule has 28 heavy (non-hydrogen) atoms. The van der Waals surface area contributed by atoms with Crippen LogP contribution in [0.2, 0.25) is 0 Å². The molecule has 3 rings (SSSR count). The number of nitrogens with one attached hydrogen (secondary N) is 1. The summed E-state index contributed by atoms with van der Waals surface area (Å²) in [4.78, 5) is 25.5. The first-order valence-corrected chi connectivity index (χ1v) is 10.0. The van der Waals surface area contributed by atoms with Gasteiger partial charge < -0.3 is 19.1 Å². The molecular weight excluding hydrogens is 448 g/mol. The van der Waals surface area contributed by atoms with Crippen molar-refractivity contribution >= 4 is 39.5 Å². The third-order valence-corrected chi connectivity index (χ3v) is 5.17. The number of likely N-dealkylation sites (N-methyl/N-ethyl adjacent to an activating group) is 1. The minimum absolute atomic E-state index is 0.0495. The molecule has 0 atom stereocenters. The number of benzene rings is 1. The van der Waals surface area contributed by atoms with Crippen molar-refractivity contribution in [2.45, 2.75) is 11.8 Å². The zero-order valence-electron chi connectivity index (χ0n) is 14.9. The topological polar surface area (TPSA) is 101 Å². The molecule has 146 valence electrons. The van der Waals surface area contributed by atoms with E-state index in [2.05, 4.69) is 31.4 Å². The van der Waals surface area contributed by atoms with Gasteiger partial charge in [0, 0.05) is 11.5 Å². The number of carbonyl (C=O) groups excluding carboxylic acids is 2. The SMILES string of the molecule is CN(CC(=O)NCc1ccco1)C(=O)CSc1nnc(-c2ccccc2Br)o1. The number of aromatic nitrogens is 2. The molecule has 2 heterocycles. The fourth-order valence-corrected chi connectivity index (χ4v) is 3.36. The summed E-state index contributed by atoms with van der Waals surface area (Å²) >= 11 is 4.56. The van der Waals surface area contributed by atoms with Gasteiger partial charge in [0.15, 0.2) is 0 Å². The second kappa shape index (κ2) is 9.56. The molecule has 0 radical (unpaired) electrons. The molecule has 0 aliphatic heterocycles. The lowest BCUT2D eigenvalue weighted by atomic mass is 10.2. The van der Waals surface area contributed by atoms with Gasteiger partial charge in [0.25, 0.3) is 5.22 Å². The van der Waals surface area contributed by atoms with E-state index in [0.29, 0.717) is 11.7 Å². The van der Waals surface area contributed by atoms with Gasteiger partial charge >= 0.3 is 0 Å². The van der Waals surface area contributed by atoms with Crippen molar-refractivity contribution in [2.75, 3.05) is 19.3 Å². The minimum Gasteiger partial charge on any atom is -0.467 e. The molecule has 0 unspecified atom stereocenters. The highest BCUT2D eigenvalue weighted by Gasteiger charge is 2.16. The number of furan rings is 1. The summed E-state index contributed by atoms with van der Waals surface area (Å²) in [7, 11) is 1.57. The third kappa shape index (κ3) is 5.46. The predicted octanol–water partition coefficient (Wildman–Crippen LogP) is 2.96. The summed E-state index contributed by atoms with van der Waals surface area (Å²) in [5.41, 5.74) is 0.776. The number of amides is 2. The van der Waals surface area contributed by atoms with Crippen molar-refractivity contribution in [1.29, 1.82) is 0 Å². The Morgan fingerprint density at radius 3 is 2.79 bits per heavy atom. The predicted molar refractivity (Wildman–Crippen MR) is 106 cm³/mol. The van der Waals surface area contributed by atoms with Crippen molar-refractivity contribution in [2.24, 2.45) is 0 Å². The van der Waals surface area contributed by atoms with Crippen molar-refractivity contribution in [3.05, 3.63) is 52.9 Å². The molecule has 0 fully saturated rings. The van der Waals surface area contributed by atoms with Crippen molar-refractivity contribution in [3.63, 3.8) is 0 Å². The number of nitrogens with zero attached hydrogens (tertiary/aromatic N) is 3. The Morgan fingerprint density at radius 1 is 1.21 bits per heavy atom. The first kappa shape index (κ1) is 20.2. The molecule has 3 aromatic rings. The number of hydrogen-bond donors (Lipinski definition) is 1. The van der Waals surface area contributed by atoms with Gasteiger partial charge in [-0.05, 0) is 40.2 Å². The van der Waals surface area contributed by atoms with Crippen LogP contribution in [0.25, 0.3) is 11.5 Å². The van der Waals surface area contributed by atoms with Gasteiger partial charge in [0.05, 0.1) is 30.7 Å². The van der Waals surface area contributed by atoms with Crippen LogP contribution in [0.4, 0.5) is 0 Å². The molecule has 0 aliphatic carbocycles. The fraction of sp³-hybridized carbons (Fsp3) is 0.222. The largest absolute Gasteiger partial charge is 0.467 e. The van der Waals surface area contributed by atoms with Crippen molar-refractivity contribution in [3.8, 4) is 11.5 Å². The standard InChI is InChI=1S/C18H17BrN4O4S/c1-23(10-15(24)20-9-12-5-4-8-26-12)16(25)11-28-18-22-21-17(27-18)13-6-2-3-7-14(13)19/h2-8H,9-11H2,1H3,(H,20,24). The maximum Gasteiger partial charge on any atom is 0.277 e. The zero-order valence-corrected chi connectivity index (χ0v) is 17.3. The molecule has 0 saturated carbocycles. The van der Waals surface area contributed by atoms with E-state index in [4.69, 9.17) is 8.83 Å². The zero-order chi connectivity index (χ0) is 19.9. The maximum atomic E-state index is 12.2. The second-order valence-electron chi connectivity index (χ2n) is 5.75. The maximum absolute atomic E-state index is 12.2. The highest BCUT2D eigenvalue weighted by Crippen LogP contribution is 2.28. The highest BCUT2D eigenvalue weighted by molar-refractivity contribution is 9.10. The number of hydrogen-bond acceptors (Lipinski definition) is 7. The molecule has 0 bridgehead atoms. The lowest BCUT2D eigenvalue weighted by molar-refractivity contribution is -0.132. The normalized spacial score (nSPS) is 10.6. The van der Waals surface area contributed by atoms with E-state index in [0.717, 1.165) is 21.8 Å². The number of thioether (sulfide) groups is 1. The summed E-state index contributed by atoms with van der Waals surface area (Å²) in [5.74, 6) is 0.604. The molecule has 0 saturated heterocycles. The van der Waals surface area contributed by atoms with E-state index < -0.39 is 0 Å². The summed E-state index contributed by atoms with van der Waals surface area (Å²) in [6, 6.07) is 11.0. The number of rotatable bonds is 8. The quantitative estimate of drug-likeness (QED) is 0.511. The lowest BCUT2D eigenvalue weighted by Crippen LogP contribution is -2.38. The summed E-state index contributed by atoms with van der Waals surface area (Å²) in [5, 5.41) is 10.9. The monoisotopic (exact) mass is 464 g/mol. The third-order valence-electron chi connectivity index (χ3n) is 3.68. The van der Waals surface area contributed by atoms with E-state index in [-0.39, 0.29) is 35.9 Å². The Kier molecular flexibility index (Phi) is 6.88. The van der Waals surface area contributed by atoms with Gasteiger partial charge in [0.2, 0.25) is 17.7 Å². The molecular formula is C18H17BrN4O4S. The van der Waals surface area contributed by atoms with Crippen LogP contribution < -0.4 is 5.32 Å². The van der Waals surface area contributed by atoms with Gasteiger partial charge in [-0.1, -0.05) is 23.9 Å². The molecule has 0 aliphatic rings. The smallest absolute Gasteiger partial charge is 0.277 e. The summed E-state index contributed by atoms with van der Waals surface area (Å²) in [6.07, 6.45) is 1.54. The van der Waals surface area contributed by atoms with E-state index in [1.54, 1.807) is 19.2 Å². The fourth-order valence-electron chi connectivity index (χ4n) is 2.20. The Balaban J connectivity index is 1.46. The van der Waals surface area contributed by atoms with Crippen LogP contribution in [0, 0.1) is 0 Å². The van der Waals surface area contributed by atoms with Gasteiger partial charge in [-0.25, -0.2) is 0 Å². The minimum atomic E-state index is -0.272. The molecule has 8 nitrogen and oxygen atoms in total. The molecule has 1 N–H and O–H groups in total. The Bertz CT molecular complexity index is 945. The summed E-state index contributed by atoms with van der Waals surface area (Å²) in [6.45, 7) is 0.231. The first-order chi connectivity index (χ1) is 13.5. The van der Waals surface area contributed by atoms with Crippen LogP contribution in [0.3, 0.4) is 0 Å². The van der Waals surface area contributed by atoms with E-state index in [1.165, 1.54) is 11.2 Å². The van der Waals surface area contributed by atoms with Crippen molar-refractivity contribution in [1.82, 2.24) is 20.4 Å². The Labute approximate surface area is 173 Å². The average molecular weight is 465 g/mol. The molecule has 1 aromatic carbocycles. The van der Waals surface area contributed by atoms with Gasteiger partial charge in [-0.3, -0.25) is 9.59 Å². The van der Waals surface area contributed by atoms with E-state index in [1.807, 2.05) is 24.3 Å². The van der Waals surface area contributed by atoms with Crippen LogP contribution >= 0.6 is 27.7 Å². The number of halogens is 1. The molecule has 2 aromatic heterocycles. The molecule has 2 amide bonds. The Hall–Kier alpha value is -2.59. The van der Waals surface area contributed by atoms with Crippen LogP contribution in [-0.2, 0) is 16.1 Å². The van der Waals surface area contributed by atoms with E-state index in [9.17, 15) is 9.59 Å². The van der Waals surface area contributed by atoms with E-state index >= 15 is 0 Å². The van der Waals surface area contributed by atoms with Crippen LogP contribution in [0.5, 0.6) is 0 Å². The number of carbonyl (C=O) groups is 2. The van der Waals surface area contributed by atoms with Crippen LogP contribution in [0.1, 0.15) is 5.76 Å². The highest BCUT2D eigenvalue weighted by atomic mass is 79.9. The van der Waals surface area contributed by atoms with Gasteiger partial charge in [-0.15, -0.1) is 10.2 Å². The molecule has 10 heteroatoms. The average Bonchev–Trinajstić information content (AvgIpc) is 3.36. The van der Waals surface area contributed by atoms with Crippen LogP contribution in [-0.4, -0.2) is 46.3 Å². The second-order valence-corrected chi connectivity index (χ2v) is 7.53. The first-order valence-electron chi connectivity index (χ1n) is 8.27. The van der Waals surface area contributed by atoms with Crippen molar-refractivity contribution < 1.29 is 18.4 Å². The van der Waals surface area contributed by atoms with Gasteiger partial charge in [-0.2, -0.15) is 0 Å². The molecule has 0 spiro atoms. The summed E-state index contributed by atoms with van der Waals surface area (Å²) < 4.78 is 11.6. The van der Waals surface area contributed by atoms with Crippen LogP contribution in [0.15, 0.2) is 61.2 Å².